The van der Waals surface area contributed by atoms with Crippen LogP contribution in [0.5, 0.6) is 0 Å². The number of ether oxygens (including phenoxy) is 5. The molecule has 0 bridgehead atoms. The van der Waals surface area contributed by atoms with Gasteiger partial charge >= 0.3 is 5.54 Å². The molecule has 0 saturated carbocycles. The Hall–Kier alpha value is -4.09. The molecular formula is C33H34N2O7. The zero-order chi connectivity index (χ0) is 29.6. The van der Waals surface area contributed by atoms with Gasteiger partial charge in [-0.3, -0.25) is 10.1 Å². The van der Waals surface area contributed by atoms with Gasteiger partial charge in [0.05, 0.1) is 32.5 Å². The van der Waals surface area contributed by atoms with E-state index in [0.29, 0.717) is 6.61 Å². The van der Waals surface area contributed by atoms with Crippen molar-refractivity contribution in [1.82, 2.24) is 0 Å². The number of hydrogen-bond donors (Lipinski definition) is 0. The molecule has 0 radical (unpaired) electrons. The predicted octanol–water partition coefficient (Wildman–Crippen LogP) is 5.07. The van der Waals surface area contributed by atoms with Crippen LogP contribution in [0.4, 0.5) is 0 Å². The molecule has 42 heavy (non-hydrogen) atoms. The molecule has 0 aromatic heterocycles. The summed E-state index contributed by atoms with van der Waals surface area (Å²) in [4.78, 5) is 12.5. The lowest BCUT2D eigenvalue weighted by molar-refractivity contribution is -0.626. The van der Waals surface area contributed by atoms with Crippen molar-refractivity contribution < 1.29 is 28.6 Å². The molecule has 1 aliphatic rings. The normalized spacial score (nSPS) is 23.5. The number of terminal acetylenes is 1. The molecule has 0 unspecified atom stereocenters. The third-order valence-electron chi connectivity index (χ3n) is 7.11. The first-order valence-electron chi connectivity index (χ1n) is 13.7. The quantitative estimate of drug-likeness (QED) is 0.141. The second-order valence-corrected chi connectivity index (χ2v) is 9.91. The van der Waals surface area contributed by atoms with Gasteiger partial charge in [0.15, 0.2) is 6.10 Å². The Labute approximate surface area is 246 Å². The molecule has 3 aromatic rings. The zero-order valence-electron chi connectivity index (χ0n) is 23.2. The molecule has 3 aromatic carbocycles. The van der Waals surface area contributed by atoms with Gasteiger partial charge in [0, 0.05) is 17.8 Å². The summed E-state index contributed by atoms with van der Waals surface area (Å²) in [7, 11) is 0. The van der Waals surface area contributed by atoms with Gasteiger partial charge in [-0.2, -0.15) is 5.26 Å². The van der Waals surface area contributed by atoms with Gasteiger partial charge in [-0.25, -0.2) is 0 Å². The molecule has 1 aliphatic heterocycles. The van der Waals surface area contributed by atoms with E-state index < -0.39 is 35.1 Å². The van der Waals surface area contributed by atoms with E-state index in [1.54, 1.807) is 0 Å². The van der Waals surface area contributed by atoms with Crippen molar-refractivity contribution in [3.63, 3.8) is 0 Å². The molecule has 0 spiro atoms. The second kappa shape index (κ2) is 15.8. The molecule has 9 nitrogen and oxygen atoms in total. The minimum absolute atomic E-state index is 0.0432. The largest absolute Gasteiger partial charge is 0.374 e. The fourth-order valence-electron chi connectivity index (χ4n) is 5.03. The van der Waals surface area contributed by atoms with Crippen LogP contribution in [0, 0.1) is 33.8 Å². The first kappa shape index (κ1) is 30.9. The highest BCUT2D eigenvalue weighted by Crippen LogP contribution is 2.41. The van der Waals surface area contributed by atoms with Crippen LogP contribution in [0.3, 0.4) is 0 Å². The van der Waals surface area contributed by atoms with Crippen LogP contribution in [-0.2, 0) is 43.5 Å². The van der Waals surface area contributed by atoms with Gasteiger partial charge in [0.25, 0.3) is 0 Å². The van der Waals surface area contributed by atoms with Gasteiger partial charge in [0.1, 0.15) is 18.8 Å². The van der Waals surface area contributed by atoms with E-state index in [0.717, 1.165) is 16.7 Å². The van der Waals surface area contributed by atoms with E-state index in [1.807, 2.05) is 97.1 Å². The first-order valence-corrected chi connectivity index (χ1v) is 13.7. The minimum Gasteiger partial charge on any atom is -0.374 e. The highest BCUT2D eigenvalue weighted by molar-refractivity contribution is 5.16. The lowest BCUT2D eigenvalue weighted by Crippen LogP contribution is -2.71. The number of nitrogens with zero attached hydrogens (tertiary/aromatic N) is 2. The molecule has 0 aliphatic carbocycles. The Morgan fingerprint density at radius 3 is 1.93 bits per heavy atom. The summed E-state index contributed by atoms with van der Waals surface area (Å²) in [5.74, 6) is 2.36. The highest BCUT2D eigenvalue weighted by atomic mass is 16.7. The number of hydrogen-bond acceptors (Lipinski definition) is 8. The van der Waals surface area contributed by atoms with Crippen LogP contribution in [0.15, 0.2) is 91.0 Å². The molecule has 218 valence electrons. The van der Waals surface area contributed by atoms with Crippen molar-refractivity contribution in [3.8, 4) is 18.4 Å². The lowest BCUT2D eigenvalue weighted by Gasteiger charge is -2.48. The Balaban J connectivity index is 1.71. The van der Waals surface area contributed by atoms with E-state index in [2.05, 4.69) is 5.92 Å². The molecule has 0 amide bonds. The topological polar surface area (TPSA) is 113 Å². The Morgan fingerprint density at radius 1 is 0.857 bits per heavy atom. The monoisotopic (exact) mass is 570 g/mol. The average molecular weight is 571 g/mol. The maximum absolute atomic E-state index is 13.0. The van der Waals surface area contributed by atoms with Gasteiger partial charge in [-0.1, -0.05) is 96.9 Å². The lowest BCUT2D eigenvalue weighted by atomic mass is 9.79. The third kappa shape index (κ3) is 7.80. The summed E-state index contributed by atoms with van der Waals surface area (Å²) in [6.07, 6.45) is 0.786. The summed E-state index contributed by atoms with van der Waals surface area (Å²) in [5.41, 5.74) is 0.665. The van der Waals surface area contributed by atoms with Crippen molar-refractivity contribution in [2.24, 2.45) is 0 Å². The van der Waals surface area contributed by atoms with Gasteiger partial charge in [0.2, 0.25) is 6.29 Å². The molecule has 9 heteroatoms. The summed E-state index contributed by atoms with van der Waals surface area (Å²) in [6.45, 7) is 0.328. The summed E-state index contributed by atoms with van der Waals surface area (Å²) in [6, 6.07) is 30.5. The maximum Gasteiger partial charge on any atom is 0.301 e. The minimum atomic E-state index is -1.99. The van der Waals surface area contributed by atoms with E-state index >= 15 is 0 Å². The fraction of sp³-hybridized carbons (Fsp3) is 0.364. The van der Waals surface area contributed by atoms with Crippen LogP contribution >= 0.6 is 0 Å². The van der Waals surface area contributed by atoms with E-state index in [9.17, 15) is 15.4 Å². The van der Waals surface area contributed by atoms with Crippen molar-refractivity contribution in [1.29, 1.82) is 5.26 Å². The maximum atomic E-state index is 13.0. The third-order valence-corrected chi connectivity index (χ3v) is 7.11. The second-order valence-electron chi connectivity index (χ2n) is 9.91. The van der Waals surface area contributed by atoms with Crippen LogP contribution in [-0.4, -0.2) is 48.3 Å². The van der Waals surface area contributed by atoms with Crippen LogP contribution in [0.1, 0.15) is 29.5 Å². The number of benzene rings is 3. The number of nitro groups is 1. The van der Waals surface area contributed by atoms with Crippen molar-refractivity contribution in [2.75, 3.05) is 13.2 Å². The molecule has 0 N–H and O–H groups in total. The summed E-state index contributed by atoms with van der Waals surface area (Å²) >= 11 is 0. The zero-order valence-corrected chi connectivity index (χ0v) is 23.2. The standard InChI is InChI=1S/C33H34N2O7/c1-2-21-39-32-33(35(36)37,19-12-20-34)31(41-24-28-17-10-5-11-18-28)30(40-23-27-15-8-4-9-16-27)29(42-32)25-38-22-26-13-6-3-7-14-26/h1,3-11,13-18,29-32H,12,19,21-25H2/t29-,30-,31+,32+,33+/m1/s1. The van der Waals surface area contributed by atoms with E-state index in [1.165, 1.54) is 0 Å². The SMILES string of the molecule is C#CCO[C@H]1O[C@H](COCc2ccccc2)[C@@H](OCc2ccccc2)[C@H](OCc2ccccc2)[C@]1(CCC#N)[N+](=O)[O-]. The fourth-order valence-corrected chi connectivity index (χ4v) is 5.03. The van der Waals surface area contributed by atoms with Gasteiger partial charge in [-0.05, 0) is 16.7 Å². The smallest absolute Gasteiger partial charge is 0.301 e. The number of rotatable bonds is 15. The molecule has 4 rings (SSSR count). The van der Waals surface area contributed by atoms with Crippen molar-refractivity contribution in [2.45, 2.75) is 62.8 Å². The molecule has 1 heterocycles. The van der Waals surface area contributed by atoms with E-state index in [4.69, 9.17) is 30.1 Å². The Kier molecular flexibility index (Phi) is 11.6. The Bertz CT molecular complexity index is 1330. The Morgan fingerprint density at radius 2 is 1.40 bits per heavy atom. The molecule has 1 saturated heterocycles. The molecule has 5 atom stereocenters. The van der Waals surface area contributed by atoms with Crippen LogP contribution in [0.2, 0.25) is 0 Å². The van der Waals surface area contributed by atoms with Crippen molar-refractivity contribution in [3.05, 3.63) is 118 Å². The average Bonchev–Trinajstić information content (AvgIpc) is 3.02. The summed E-state index contributed by atoms with van der Waals surface area (Å²) < 4.78 is 30.9. The number of nitriles is 1. The molecular weight excluding hydrogens is 536 g/mol. The van der Waals surface area contributed by atoms with Gasteiger partial charge < -0.3 is 23.7 Å². The first-order chi connectivity index (χ1) is 20.6. The van der Waals surface area contributed by atoms with Crippen LogP contribution < -0.4 is 0 Å². The van der Waals surface area contributed by atoms with Crippen LogP contribution in [0.25, 0.3) is 0 Å². The predicted molar refractivity (Wildman–Crippen MR) is 154 cm³/mol. The molecule has 1 fully saturated rings. The van der Waals surface area contributed by atoms with E-state index in [-0.39, 0.29) is 39.3 Å². The highest BCUT2D eigenvalue weighted by Gasteiger charge is 2.67. The van der Waals surface area contributed by atoms with Crippen molar-refractivity contribution >= 4 is 0 Å². The summed E-state index contributed by atoms with van der Waals surface area (Å²) in [5, 5.41) is 22.5. The van der Waals surface area contributed by atoms with Gasteiger partial charge in [-0.15, -0.1) is 6.42 Å².